The molecular weight excluding hydrogens is 264 g/mol. The van der Waals surface area contributed by atoms with Gasteiger partial charge < -0.3 is 10.2 Å². The van der Waals surface area contributed by atoms with Crippen LogP contribution in [0.2, 0.25) is 0 Å². The van der Waals surface area contributed by atoms with Crippen molar-refractivity contribution >= 4 is 17.5 Å². The van der Waals surface area contributed by atoms with Gasteiger partial charge in [-0.3, -0.25) is 9.59 Å². The van der Waals surface area contributed by atoms with Crippen molar-refractivity contribution in [1.82, 2.24) is 5.32 Å². The molecule has 1 aliphatic heterocycles. The molecule has 1 aromatic rings. The minimum Gasteiger partial charge on any atom is -0.359 e. The SMILES string of the molecule is CC.CNC(=O)[C@@]1(C)Cc2ccccc2N(C(C)=O)[C@H]1C. The molecule has 0 unspecified atom stereocenters. The van der Waals surface area contributed by atoms with E-state index in [1.165, 1.54) is 0 Å². The second-order valence-corrected chi connectivity index (χ2v) is 5.37. The van der Waals surface area contributed by atoms with Gasteiger partial charge in [-0.25, -0.2) is 0 Å². The lowest BCUT2D eigenvalue weighted by molar-refractivity contribution is -0.131. The predicted octanol–water partition coefficient (Wildman–Crippen LogP) is 2.76. The minimum atomic E-state index is -0.602. The first-order valence-corrected chi connectivity index (χ1v) is 7.51. The van der Waals surface area contributed by atoms with Crippen LogP contribution >= 0.6 is 0 Å². The van der Waals surface area contributed by atoms with E-state index in [1.54, 1.807) is 18.9 Å². The first-order chi connectivity index (χ1) is 9.91. The van der Waals surface area contributed by atoms with Gasteiger partial charge in [-0.1, -0.05) is 32.0 Å². The highest BCUT2D eigenvalue weighted by atomic mass is 16.2. The van der Waals surface area contributed by atoms with Crippen LogP contribution in [0.25, 0.3) is 0 Å². The number of hydrogen-bond donors (Lipinski definition) is 1. The molecule has 0 bridgehead atoms. The molecule has 21 heavy (non-hydrogen) atoms. The molecule has 4 heteroatoms. The van der Waals surface area contributed by atoms with Crippen LogP contribution < -0.4 is 10.2 Å². The number of rotatable bonds is 1. The molecule has 2 amide bonds. The van der Waals surface area contributed by atoms with Crippen molar-refractivity contribution in [3.8, 4) is 0 Å². The normalized spacial score (nSPS) is 23.5. The van der Waals surface area contributed by atoms with Crippen molar-refractivity contribution < 1.29 is 9.59 Å². The van der Waals surface area contributed by atoms with E-state index >= 15 is 0 Å². The number of anilines is 1. The highest BCUT2D eigenvalue weighted by Gasteiger charge is 2.46. The van der Waals surface area contributed by atoms with Crippen LogP contribution in [0.4, 0.5) is 5.69 Å². The molecular formula is C17H26N2O2. The van der Waals surface area contributed by atoms with Crippen molar-refractivity contribution in [3.63, 3.8) is 0 Å². The van der Waals surface area contributed by atoms with Crippen LogP contribution in [0.15, 0.2) is 24.3 Å². The first kappa shape index (κ1) is 17.2. The van der Waals surface area contributed by atoms with E-state index in [9.17, 15) is 9.59 Å². The van der Waals surface area contributed by atoms with Gasteiger partial charge in [0.2, 0.25) is 11.8 Å². The van der Waals surface area contributed by atoms with Crippen molar-refractivity contribution in [2.24, 2.45) is 5.41 Å². The van der Waals surface area contributed by atoms with Gasteiger partial charge in [0.25, 0.3) is 0 Å². The molecule has 0 fully saturated rings. The monoisotopic (exact) mass is 290 g/mol. The molecule has 116 valence electrons. The van der Waals surface area contributed by atoms with Gasteiger partial charge in [0.05, 0.1) is 5.41 Å². The topological polar surface area (TPSA) is 49.4 Å². The Labute approximate surface area is 127 Å². The molecule has 1 N–H and O–H groups in total. The number of nitrogens with one attached hydrogen (secondary N) is 1. The van der Waals surface area contributed by atoms with E-state index in [0.29, 0.717) is 6.42 Å². The highest BCUT2D eigenvalue weighted by molar-refractivity contribution is 5.96. The molecule has 1 aromatic carbocycles. The van der Waals surface area contributed by atoms with E-state index < -0.39 is 5.41 Å². The maximum atomic E-state index is 12.2. The Bertz CT molecular complexity index is 527. The minimum absolute atomic E-state index is 0.0271. The second-order valence-electron chi connectivity index (χ2n) is 5.37. The smallest absolute Gasteiger partial charge is 0.228 e. The van der Waals surface area contributed by atoms with Gasteiger partial charge in [0, 0.05) is 25.7 Å². The van der Waals surface area contributed by atoms with E-state index in [4.69, 9.17) is 0 Å². The lowest BCUT2D eigenvalue weighted by Crippen LogP contribution is -2.57. The van der Waals surface area contributed by atoms with Gasteiger partial charge in [0.15, 0.2) is 0 Å². The molecule has 2 atom stereocenters. The van der Waals surface area contributed by atoms with Gasteiger partial charge in [-0.2, -0.15) is 0 Å². The number of fused-ring (bicyclic) bond motifs is 1. The third kappa shape index (κ3) is 2.94. The van der Waals surface area contributed by atoms with Gasteiger partial charge >= 0.3 is 0 Å². The Balaban J connectivity index is 0.00000106. The average Bonchev–Trinajstić information content (AvgIpc) is 2.49. The van der Waals surface area contributed by atoms with Crippen LogP contribution in [0.5, 0.6) is 0 Å². The lowest BCUT2D eigenvalue weighted by atomic mass is 9.72. The Hall–Kier alpha value is -1.84. The summed E-state index contributed by atoms with van der Waals surface area (Å²) in [5.74, 6) is -0.0597. The molecule has 1 aliphatic rings. The van der Waals surface area contributed by atoms with E-state index in [0.717, 1.165) is 11.3 Å². The van der Waals surface area contributed by atoms with Gasteiger partial charge in [0.1, 0.15) is 0 Å². The van der Waals surface area contributed by atoms with Gasteiger partial charge in [-0.05, 0) is 31.9 Å². The molecule has 2 rings (SSSR count). The first-order valence-electron chi connectivity index (χ1n) is 7.51. The second kappa shape index (κ2) is 6.74. The van der Waals surface area contributed by atoms with Gasteiger partial charge in [-0.15, -0.1) is 0 Å². The summed E-state index contributed by atoms with van der Waals surface area (Å²) in [6.07, 6.45) is 0.647. The van der Waals surface area contributed by atoms with Crippen molar-refractivity contribution in [1.29, 1.82) is 0 Å². The maximum Gasteiger partial charge on any atom is 0.228 e. The van der Waals surface area contributed by atoms with Crippen molar-refractivity contribution in [2.75, 3.05) is 11.9 Å². The quantitative estimate of drug-likeness (QED) is 0.864. The van der Waals surface area contributed by atoms with Crippen LogP contribution in [-0.2, 0) is 16.0 Å². The fraction of sp³-hybridized carbons (Fsp3) is 0.529. The fourth-order valence-corrected chi connectivity index (χ4v) is 2.93. The van der Waals surface area contributed by atoms with E-state index in [2.05, 4.69) is 5.32 Å². The zero-order chi connectivity index (χ0) is 16.2. The number of amides is 2. The van der Waals surface area contributed by atoms with Crippen LogP contribution in [0, 0.1) is 5.41 Å². The largest absolute Gasteiger partial charge is 0.359 e. The third-order valence-electron chi connectivity index (χ3n) is 4.20. The Morgan fingerprint density at radius 1 is 1.29 bits per heavy atom. The van der Waals surface area contributed by atoms with E-state index in [-0.39, 0.29) is 17.9 Å². The zero-order valence-electron chi connectivity index (χ0n) is 13.9. The summed E-state index contributed by atoms with van der Waals surface area (Å²) in [7, 11) is 1.64. The lowest BCUT2D eigenvalue weighted by Gasteiger charge is -2.45. The van der Waals surface area contributed by atoms with E-state index in [1.807, 2.05) is 52.0 Å². The molecule has 1 heterocycles. The molecule has 4 nitrogen and oxygen atoms in total. The molecule has 0 aliphatic carbocycles. The Kier molecular flexibility index (Phi) is 5.53. The molecule has 0 spiro atoms. The summed E-state index contributed by atoms with van der Waals surface area (Å²) >= 11 is 0. The van der Waals surface area contributed by atoms with Crippen molar-refractivity contribution in [3.05, 3.63) is 29.8 Å². The summed E-state index contributed by atoms with van der Waals surface area (Å²) < 4.78 is 0. The van der Waals surface area contributed by atoms with Crippen molar-refractivity contribution in [2.45, 2.75) is 47.1 Å². The van der Waals surface area contributed by atoms with Crippen LogP contribution in [0.1, 0.15) is 40.2 Å². The summed E-state index contributed by atoms with van der Waals surface area (Å²) in [5, 5.41) is 2.72. The number of nitrogens with zero attached hydrogens (tertiary/aromatic N) is 1. The molecule has 0 aromatic heterocycles. The summed E-state index contributed by atoms with van der Waals surface area (Å²) in [4.78, 5) is 25.9. The third-order valence-corrected chi connectivity index (χ3v) is 4.20. The molecule has 0 radical (unpaired) electrons. The predicted molar refractivity (Wildman–Crippen MR) is 86.3 cm³/mol. The Morgan fingerprint density at radius 3 is 2.38 bits per heavy atom. The number of hydrogen-bond acceptors (Lipinski definition) is 2. The number of carbonyl (C=O) groups excluding carboxylic acids is 2. The molecule has 0 saturated heterocycles. The number of benzene rings is 1. The number of carbonyl (C=O) groups is 2. The number of para-hydroxylation sites is 1. The fourth-order valence-electron chi connectivity index (χ4n) is 2.93. The molecule has 0 saturated carbocycles. The Morgan fingerprint density at radius 2 is 1.86 bits per heavy atom. The summed E-state index contributed by atoms with van der Waals surface area (Å²) in [5.41, 5.74) is 1.36. The maximum absolute atomic E-state index is 12.2. The standard InChI is InChI=1S/C15H20N2O2.C2H6/c1-10-15(3,14(19)16-4)9-12-7-5-6-8-13(12)17(10)11(2)18;1-2/h5-8,10H,9H2,1-4H3,(H,16,19);1-2H3/t10-,15-;/m0./s1. The highest BCUT2D eigenvalue weighted by Crippen LogP contribution is 2.41. The average molecular weight is 290 g/mol. The summed E-state index contributed by atoms with van der Waals surface area (Å²) in [6.45, 7) is 9.40. The van der Waals surface area contributed by atoms with Crippen LogP contribution in [-0.4, -0.2) is 24.9 Å². The zero-order valence-corrected chi connectivity index (χ0v) is 13.9. The van der Waals surface area contributed by atoms with Crippen LogP contribution in [0.3, 0.4) is 0 Å². The summed E-state index contributed by atoms with van der Waals surface area (Å²) in [6, 6.07) is 7.62.